The van der Waals surface area contributed by atoms with E-state index in [1.54, 1.807) is 0 Å². The van der Waals surface area contributed by atoms with Gasteiger partial charge < -0.3 is 4.74 Å². The number of hydrogen-bond donors (Lipinski definition) is 0. The van der Waals surface area contributed by atoms with Gasteiger partial charge in [0.1, 0.15) is 0 Å². The fourth-order valence-electron chi connectivity index (χ4n) is 2.74. The maximum absolute atomic E-state index is 5.91. The van der Waals surface area contributed by atoms with E-state index in [0.29, 0.717) is 5.92 Å². The van der Waals surface area contributed by atoms with Gasteiger partial charge in [0.25, 0.3) is 0 Å². The van der Waals surface area contributed by atoms with Crippen LogP contribution in [-0.4, -0.2) is 12.7 Å². The Morgan fingerprint density at radius 1 is 1.50 bits per heavy atom. The molecule has 2 rings (SSSR count). The number of fused-ring (bicyclic) bond motifs is 1. The molecular weight excluding hydrogens is 196 g/mol. The topological polar surface area (TPSA) is 9.23 Å². The minimum Gasteiger partial charge on any atom is -0.373 e. The quantitative estimate of drug-likeness (QED) is 0.607. The Balaban J connectivity index is 2.30. The van der Waals surface area contributed by atoms with E-state index in [1.807, 2.05) is 0 Å². The summed E-state index contributed by atoms with van der Waals surface area (Å²) in [5, 5.41) is 0. The second-order valence-electron chi connectivity index (χ2n) is 5.41. The van der Waals surface area contributed by atoms with E-state index >= 15 is 0 Å². The fourth-order valence-corrected chi connectivity index (χ4v) is 2.74. The van der Waals surface area contributed by atoms with Crippen LogP contribution in [0.5, 0.6) is 0 Å². The van der Waals surface area contributed by atoms with Crippen molar-refractivity contribution in [3.05, 3.63) is 35.5 Å². The molecule has 3 atom stereocenters. The largest absolute Gasteiger partial charge is 0.373 e. The lowest BCUT2D eigenvalue weighted by Gasteiger charge is -2.34. The van der Waals surface area contributed by atoms with Gasteiger partial charge in [-0.25, -0.2) is 0 Å². The average molecular weight is 218 g/mol. The number of rotatable bonds is 1. The van der Waals surface area contributed by atoms with Gasteiger partial charge in [0.05, 0.1) is 12.7 Å². The monoisotopic (exact) mass is 218 g/mol. The summed E-state index contributed by atoms with van der Waals surface area (Å²) in [5.74, 6) is 0.642. The van der Waals surface area contributed by atoms with Crippen LogP contribution in [0.3, 0.4) is 0 Å². The Bertz CT molecular complexity index is 358. The first kappa shape index (κ1) is 11.7. The van der Waals surface area contributed by atoms with Crippen molar-refractivity contribution in [2.24, 2.45) is 11.3 Å². The summed E-state index contributed by atoms with van der Waals surface area (Å²) in [6.07, 6.45) is 10.4. The molecule has 0 aromatic rings. The first-order valence-electron chi connectivity index (χ1n) is 6.18. The molecule has 0 N–H and O–H groups in total. The van der Waals surface area contributed by atoms with Crippen LogP contribution in [0.2, 0.25) is 0 Å². The van der Waals surface area contributed by atoms with Crippen LogP contribution < -0.4 is 0 Å². The van der Waals surface area contributed by atoms with Crippen molar-refractivity contribution >= 4 is 0 Å². The van der Waals surface area contributed by atoms with E-state index in [0.717, 1.165) is 6.61 Å². The Hall–Kier alpha value is -0.820. The zero-order chi connectivity index (χ0) is 11.8. The third-order valence-corrected chi connectivity index (χ3v) is 4.09. The standard InChI is InChI=1S/C15H22O/c1-5-6-14-15(4)8-7-12(11(2)3)9-13(15)10-16-14/h5-8,13-14H,9-10H2,1-4H3/b6-5+/t13-,14-,15-/m1/s1. The average Bonchev–Trinajstić information content (AvgIpc) is 2.56. The summed E-state index contributed by atoms with van der Waals surface area (Å²) in [4.78, 5) is 0. The minimum absolute atomic E-state index is 0.200. The summed E-state index contributed by atoms with van der Waals surface area (Å²) < 4.78 is 5.91. The van der Waals surface area contributed by atoms with E-state index < -0.39 is 0 Å². The summed E-state index contributed by atoms with van der Waals surface area (Å²) in [7, 11) is 0. The van der Waals surface area contributed by atoms with Gasteiger partial charge in [0, 0.05) is 5.41 Å². The molecule has 88 valence electrons. The van der Waals surface area contributed by atoms with E-state index in [9.17, 15) is 0 Å². The van der Waals surface area contributed by atoms with Gasteiger partial charge in [0.2, 0.25) is 0 Å². The molecular formula is C15H22O. The molecule has 1 nitrogen and oxygen atoms in total. The first-order chi connectivity index (χ1) is 7.58. The molecule has 0 unspecified atom stereocenters. The van der Waals surface area contributed by atoms with E-state index in [-0.39, 0.29) is 11.5 Å². The smallest absolute Gasteiger partial charge is 0.0847 e. The number of ether oxygens (including phenoxy) is 1. The van der Waals surface area contributed by atoms with Gasteiger partial charge in [-0.15, -0.1) is 0 Å². The van der Waals surface area contributed by atoms with Crippen LogP contribution in [0, 0.1) is 11.3 Å². The predicted octanol–water partition coefficient (Wildman–Crippen LogP) is 3.88. The molecule has 2 aliphatic rings. The maximum atomic E-state index is 5.91. The minimum atomic E-state index is 0.200. The maximum Gasteiger partial charge on any atom is 0.0847 e. The lowest BCUT2D eigenvalue weighted by Crippen LogP contribution is -2.32. The van der Waals surface area contributed by atoms with Crippen LogP contribution in [0.4, 0.5) is 0 Å². The third-order valence-electron chi connectivity index (χ3n) is 4.09. The van der Waals surface area contributed by atoms with Gasteiger partial charge in [-0.1, -0.05) is 36.8 Å². The van der Waals surface area contributed by atoms with Crippen LogP contribution in [0.15, 0.2) is 35.5 Å². The Morgan fingerprint density at radius 3 is 2.88 bits per heavy atom. The summed E-state index contributed by atoms with van der Waals surface area (Å²) in [5.41, 5.74) is 3.13. The third kappa shape index (κ3) is 1.78. The van der Waals surface area contributed by atoms with Crippen molar-refractivity contribution in [2.45, 2.75) is 40.2 Å². The predicted molar refractivity (Wildman–Crippen MR) is 68.3 cm³/mol. The molecule has 0 amide bonds. The second-order valence-corrected chi connectivity index (χ2v) is 5.41. The highest BCUT2D eigenvalue weighted by molar-refractivity contribution is 5.32. The van der Waals surface area contributed by atoms with Crippen molar-refractivity contribution in [2.75, 3.05) is 6.61 Å². The van der Waals surface area contributed by atoms with Gasteiger partial charge >= 0.3 is 0 Å². The fraction of sp³-hybridized carbons (Fsp3) is 0.600. The van der Waals surface area contributed by atoms with E-state index in [2.05, 4.69) is 52.0 Å². The highest BCUT2D eigenvalue weighted by atomic mass is 16.5. The molecule has 1 saturated heterocycles. The highest BCUT2D eigenvalue weighted by Gasteiger charge is 2.46. The SMILES string of the molecule is C/C=C/[C@H]1OC[C@H]2CC(=C(C)C)C=C[C@]21C. The molecule has 1 heteroatoms. The van der Waals surface area contributed by atoms with Crippen molar-refractivity contribution in [3.63, 3.8) is 0 Å². The molecule has 0 radical (unpaired) electrons. The molecule has 0 aromatic heterocycles. The van der Waals surface area contributed by atoms with Crippen molar-refractivity contribution in [1.29, 1.82) is 0 Å². The van der Waals surface area contributed by atoms with Crippen LogP contribution in [0.1, 0.15) is 34.1 Å². The molecule has 0 aromatic carbocycles. The molecule has 1 heterocycles. The molecule has 0 spiro atoms. The Morgan fingerprint density at radius 2 is 2.25 bits per heavy atom. The zero-order valence-corrected chi connectivity index (χ0v) is 10.8. The lowest BCUT2D eigenvalue weighted by atomic mass is 9.68. The van der Waals surface area contributed by atoms with Gasteiger partial charge in [-0.05, 0) is 38.7 Å². The highest BCUT2D eigenvalue weighted by Crippen LogP contribution is 2.48. The number of hydrogen-bond acceptors (Lipinski definition) is 1. The summed E-state index contributed by atoms with van der Waals surface area (Å²) >= 11 is 0. The summed E-state index contributed by atoms with van der Waals surface area (Å²) in [6.45, 7) is 9.68. The molecule has 0 bridgehead atoms. The molecule has 0 saturated carbocycles. The Kier molecular flexibility index (Phi) is 3.07. The van der Waals surface area contributed by atoms with Gasteiger partial charge in [-0.2, -0.15) is 0 Å². The molecule has 1 aliphatic heterocycles. The van der Waals surface area contributed by atoms with E-state index in [4.69, 9.17) is 4.74 Å². The Labute approximate surface area is 98.9 Å². The number of allylic oxidation sites excluding steroid dienone is 4. The van der Waals surface area contributed by atoms with Crippen LogP contribution in [-0.2, 0) is 4.74 Å². The second kappa shape index (κ2) is 4.21. The molecule has 1 fully saturated rings. The van der Waals surface area contributed by atoms with Crippen molar-refractivity contribution in [1.82, 2.24) is 0 Å². The first-order valence-corrected chi connectivity index (χ1v) is 6.18. The van der Waals surface area contributed by atoms with Crippen molar-refractivity contribution in [3.8, 4) is 0 Å². The van der Waals surface area contributed by atoms with Crippen LogP contribution in [0.25, 0.3) is 0 Å². The van der Waals surface area contributed by atoms with Gasteiger partial charge in [-0.3, -0.25) is 0 Å². The lowest BCUT2D eigenvalue weighted by molar-refractivity contribution is 0.113. The van der Waals surface area contributed by atoms with Crippen molar-refractivity contribution < 1.29 is 4.74 Å². The van der Waals surface area contributed by atoms with Gasteiger partial charge in [0.15, 0.2) is 0 Å². The summed E-state index contributed by atoms with van der Waals surface area (Å²) in [6, 6.07) is 0. The van der Waals surface area contributed by atoms with E-state index in [1.165, 1.54) is 17.6 Å². The normalized spacial score (nSPS) is 38.1. The van der Waals surface area contributed by atoms with Crippen LogP contribution >= 0.6 is 0 Å². The molecule has 1 aliphatic carbocycles. The molecule has 16 heavy (non-hydrogen) atoms. The zero-order valence-electron chi connectivity index (χ0n) is 10.8.